The van der Waals surface area contributed by atoms with E-state index in [1.165, 1.54) is 0 Å². The van der Waals surface area contributed by atoms with Gasteiger partial charge in [0.15, 0.2) is 5.60 Å². The van der Waals surface area contributed by atoms with Crippen LogP contribution in [0, 0.1) is 20.8 Å². The van der Waals surface area contributed by atoms with Gasteiger partial charge in [0, 0.05) is 22.7 Å². The molecule has 2 N–H and O–H groups in total. The Hall–Kier alpha value is -3.03. The van der Waals surface area contributed by atoms with Crippen molar-refractivity contribution in [3.8, 4) is 11.1 Å². The highest BCUT2D eigenvalue weighted by molar-refractivity contribution is 5.87. The summed E-state index contributed by atoms with van der Waals surface area (Å²) < 4.78 is 12.1. The largest absolute Gasteiger partial charge is 0.376 e. The molecule has 0 bridgehead atoms. The highest BCUT2D eigenvalue weighted by Gasteiger charge is 2.57. The molecule has 2 atom stereocenters. The summed E-state index contributed by atoms with van der Waals surface area (Å²) in [7, 11) is 0. The molecule has 2 aliphatic carbocycles. The van der Waals surface area contributed by atoms with E-state index < -0.39 is 11.7 Å². The summed E-state index contributed by atoms with van der Waals surface area (Å²) in [4.78, 5) is 13.4. The van der Waals surface area contributed by atoms with E-state index in [1.807, 2.05) is 39.0 Å². The molecule has 2 saturated carbocycles. The van der Waals surface area contributed by atoms with Crippen LogP contribution in [0.2, 0.25) is 0 Å². The molecule has 7 rings (SSSR count). The molecule has 3 aliphatic rings. The van der Waals surface area contributed by atoms with Crippen LogP contribution >= 0.6 is 0 Å². The SMILES string of the molecule is Cc1cccc([C@@](O)(c2cc(-c3c(C)noc3C)cc3[nH]c(C4CC4)nc23)C2CCC3(CC3)O2)n1. The minimum Gasteiger partial charge on any atom is -0.376 e. The van der Waals surface area contributed by atoms with Crippen molar-refractivity contribution in [2.45, 2.75) is 82.5 Å². The van der Waals surface area contributed by atoms with E-state index >= 15 is 0 Å². The third-order valence-corrected chi connectivity index (χ3v) is 8.11. The lowest BCUT2D eigenvalue weighted by atomic mass is 9.81. The maximum Gasteiger partial charge on any atom is 0.160 e. The van der Waals surface area contributed by atoms with Gasteiger partial charge in [-0.05, 0) is 89.1 Å². The van der Waals surface area contributed by atoms with Gasteiger partial charge in [-0.15, -0.1) is 0 Å². The van der Waals surface area contributed by atoms with Crippen molar-refractivity contribution in [1.29, 1.82) is 0 Å². The second kappa shape index (κ2) is 7.24. The number of nitrogens with one attached hydrogen (secondary N) is 1. The predicted octanol–water partition coefficient (Wildman–Crippen LogP) is 5.36. The summed E-state index contributed by atoms with van der Waals surface area (Å²) in [5.41, 5.74) is 5.08. The number of rotatable bonds is 5. The van der Waals surface area contributed by atoms with E-state index in [9.17, 15) is 5.11 Å². The highest BCUT2D eigenvalue weighted by atomic mass is 16.5. The lowest BCUT2D eigenvalue weighted by Gasteiger charge is -2.34. The van der Waals surface area contributed by atoms with Crippen LogP contribution in [0.1, 0.15) is 78.7 Å². The molecule has 180 valence electrons. The Kier molecular flexibility index (Phi) is 4.40. The quantitative estimate of drug-likeness (QED) is 0.407. The van der Waals surface area contributed by atoms with Crippen LogP contribution in [-0.2, 0) is 10.3 Å². The molecule has 1 spiro atoms. The first-order chi connectivity index (χ1) is 16.9. The van der Waals surface area contributed by atoms with E-state index in [0.29, 0.717) is 11.6 Å². The second-order valence-electron chi connectivity index (χ2n) is 10.8. The van der Waals surface area contributed by atoms with Gasteiger partial charge in [-0.3, -0.25) is 4.98 Å². The van der Waals surface area contributed by atoms with Gasteiger partial charge in [0.25, 0.3) is 0 Å². The fourth-order valence-corrected chi connectivity index (χ4v) is 5.86. The fourth-order valence-electron chi connectivity index (χ4n) is 5.86. The van der Waals surface area contributed by atoms with E-state index in [4.69, 9.17) is 19.2 Å². The molecule has 7 nitrogen and oxygen atoms in total. The summed E-state index contributed by atoms with van der Waals surface area (Å²) in [6, 6.07) is 9.98. The van der Waals surface area contributed by atoms with Gasteiger partial charge >= 0.3 is 0 Å². The van der Waals surface area contributed by atoms with Crippen molar-refractivity contribution in [3.63, 3.8) is 0 Å². The van der Waals surface area contributed by atoms with E-state index in [-0.39, 0.29) is 5.60 Å². The normalized spacial score (nSPS) is 22.7. The standard InChI is InChI=1S/C28H30N4O3/c1-15-5-4-6-22(29-15)28(33,23-9-10-27(34-23)11-12-27)20-13-19(24-16(2)32-35-17(24)3)14-21-25(20)31-26(30-21)18-7-8-18/h4-6,13-14,18,23,33H,7-12H2,1-3H3,(H,30,31)/t23?,28-/m0/s1. The maximum atomic E-state index is 12.8. The Morgan fingerprint density at radius 3 is 2.54 bits per heavy atom. The number of aliphatic hydroxyl groups is 1. The lowest BCUT2D eigenvalue weighted by molar-refractivity contribution is -0.0934. The molecular formula is C28H30N4O3. The van der Waals surface area contributed by atoms with Crippen LogP contribution < -0.4 is 0 Å². The molecular weight excluding hydrogens is 440 g/mol. The molecule has 1 unspecified atom stereocenters. The number of hydrogen-bond donors (Lipinski definition) is 2. The molecule has 1 aliphatic heterocycles. The van der Waals surface area contributed by atoms with Crippen LogP contribution in [0.4, 0.5) is 0 Å². The third kappa shape index (κ3) is 3.28. The molecule has 4 aromatic rings. The molecule has 1 aromatic carbocycles. The number of aryl methyl sites for hydroxylation is 3. The van der Waals surface area contributed by atoms with Crippen molar-refractivity contribution >= 4 is 11.0 Å². The highest BCUT2D eigenvalue weighted by Crippen LogP contribution is 2.54. The number of H-pyrrole nitrogens is 1. The maximum absolute atomic E-state index is 12.8. The van der Waals surface area contributed by atoms with Gasteiger partial charge in [0.1, 0.15) is 11.6 Å². The number of imidazole rings is 1. The topological polar surface area (TPSA) is 97.1 Å². The predicted molar refractivity (Wildman–Crippen MR) is 131 cm³/mol. The summed E-state index contributed by atoms with van der Waals surface area (Å²) in [6.07, 6.45) is 5.75. The number of nitrogens with zero attached hydrogens (tertiary/aromatic N) is 3. The van der Waals surface area contributed by atoms with E-state index in [2.05, 4.69) is 22.3 Å². The Morgan fingerprint density at radius 2 is 1.89 bits per heavy atom. The average molecular weight is 471 g/mol. The summed E-state index contributed by atoms with van der Waals surface area (Å²) in [6.45, 7) is 5.83. The number of aromatic amines is 1. The summed E-state index contributed by atoms with van der Waals surface area (Å²) in [5, 5.41) is 17.0. The van der Waals surface area contributed by atoms with Crippen LogP contribution in [0.3, 0.4) is 0 Å². The minimum absolute atomic E-state index is 0.0778. The second-order valence-corrected chi connectivity index (χ2v) is 10.8. The molecule has 0 amide bonds. The zero-order valence-corrected chi connectivity index (χ0v) is 20.4. The first-order valence-corrected chi connectivity index (χ1v) is 12.7. The van der Waals surface area contributed by atoms with Gasteiger partial charge in [-0.2, -0.15) is 0 Å². The molecule has 4 heterocycles. The van der Waals surface area contributed by atoms with Gasteiger partial charge in [0.05, 0.1) is 34.1 Å². The van der Waals surface area contributed by atoms with Crippen molar-refractivity contribution in [2.75, 3.05) is 0 Å². The molecule has 3 fully saturated rings. The Balaban J connectivity index is 1.50. The third-order valence-electron chi connectivity index (χ3n) is 8.11. The van der Waals surface area contributed by atoms with Gasteiger partial charge in [-0.25, -0.2) is 4.98 Å². The van der Waals surface area contributed by atoms with Crippen LogP contribution in [-0.4, -0.2) is 36.9 Å². The fraction of sp³-hybridized carbons (Fsp3) is 0.464. The van der Waals surface area contributed by atoms with Crippen molar-refractivity contribution in [2.24, 2.45) is 0 Å². The van der Waals surface area contributed by atoms with Crippen LogP contribution in [0.15, 0.2) is 34.9 Å². The summed E-state index contributed by atoms with van der Waals surface area (Å²) >= 11 is 0. The van der Waals surface area contributed by atoms with Crippen LogP contribution in [0.25, 0.3) is 22.2 Å². The molecule has 1 saturated heterocycles. The summed E-state index contributed by atoms with van der Waals surface area (Å²) in [5.74, 6) is 2.20. The first-order valence-electron chi connectivity index (χ1n) is 12.7. The molecule has 3 aromatic heterocycles. The van der Waals surface area contributed by atoms with Gasteiger partial charge < -0.3 is 19.4 Å². The first kappa shape index (κ1) is 21.3. The van der Waals surface area contributed by atoms with Crippen molar-refractivity contribution < 1.29 is 14.4 Å². The number of aromatic nitrogens is 4. The van der Waals surface area contributed by atoms with Crippen molar-refractivity contribution in [1.82, 2.24) is 20.1 Å². The average Bonchev–Trinajstić information content (AvgIpc) is 3.70. The van der Waals surface area contributed by atoms with Gasteiger partial charge in [0.2, 0.25) is 0 Å². The van der Waals surface area contributed by atoms with Crippen molar-refractivity contribution in [3.05, 3.63) is 64.6 Å². The zero-order valence-electron chi connectivity index (χ0n) is 20.4. The number of ether oxygens (including phenoxy) is 1. The minimum atomic E-state index is -1.44. The van der Waals surface area contributed by atoms with Crippen LogP contribution in [0.5, 0.6) is 0 Å². The molecule has 7 heteroatoms. The Labute approximate surface area is 203 Å². The number of pyridine rings is 1. The number of fused-ring (bicyclic) bond motifs is 1. The lowest BCUT2D eigenvalue weighted by Crippen LogP contribution is -2.42. The number of benzene rings is 1. The molecule has 35 heavy (non-hydrogen) atoms. The van der Waals surface area contributed by atoms with Gasteiger partial charge in [-0.1, -0.05) is 11.2 Å². The Morgan fingerprint density at radius 1 is 1.06 bits per heavy atom. The molecule has 0 radical (unpaired) electrons. The van der Waals surface area contributed by atoms with E-state index in [1.54, 1.807) is 0 Å². The van der Waals surface area contributed by atoms with E-state index in [0.717, 1.165) is 89.2 Å². The Bertz CT molecular complexity index is 1440. The zero-order chi connectivity index (χ0) is 23.9. The smallest absolute Gasteiger partial charge is 0.160 e. The monoisotopic (exact) mass is 470 g/mol. The number of hydrogen-bond acceptors (Lipinski definition) is 6.